The number of amides is 1. The van der Waals surface area contributed by atoms with Crippen LogP contribution >= 0.6 is 0 Å². The van der Waals surface area contributed by atoms with E-state index in [1.165, 1.54) is 16.8 Å². The van der Waals surface area contributed by atoms with Crippen molar-refractivity contribution in [1.29, 1.82) is 0 Å². The first-order valence-electron chi connectivity index (χ1n) is 7.94. The summed E-state index contributed by atoms with van der Waals surface area (Å²) < 4.78 is 31.7. The fraction of sp³-hybridized carbons (Fsp3) is 0.375. The standard InChI is InChI=1S/C16H20N4O4S/c1-24-14-5-2-4-13(10-14)16(21)19-6-3-7-20(9-8-19)25(22,23)15-11-17-12-18-15/h2,4-5,10-12H,3,6-9H2,1H3,(H,17,18). The molecule has 9 heteroatoms. The van der Waals surface area contributed by atoms with Crippen LogP contribution in [0.15, 0.2) is 41.8 Å². The first-order chi connectivity index (χ1) is 12.0. The van der Waals surface area contributed by atoms with Crippen molar-refractivity contribution in [3.63, 3.8) is 0 Å². The molecule has 1 amide bonds. The minimum atomic E-state index is -3.61. The van der Waals surface area contributed by atoms with Gasteiger partial charge in [0.25, 0.3) is 15.9 Å². The fourth-order valence-corrected chi connectivity index (χ4v) is 4.16. The summed E-state index contributed by atoms with van der Waals surface area (Å²) in [5.74, 6) is 0.490. The molecule has 0 bridgehead atoms. The summed E-state index contributed by atoms with van der Waals surface area (Å²) in [7, 11) is -2.06. The van der Waals surface area contributed by atoms with E-state index in [0.29, 0.717) is 37.4 Å². The van der Waals surface area contributed by atoms with Crippen LogP contribution in [0.1, 0.15) is 16.8 Å². The monoisotopic (exact) mass is 364 g/mol. The van der Waals surface area contributed by atoms with Crippen molar-refractivity contribution in [1.82, 2.24) is 19.2 Å². The fourth-order valence-electron chi connectivity index (χ4n) is 2.80. The van der Waals surface area contributed by atoms with Crippen LogP contribution in [0.25, 0.3) is 0 Å². The Hall–Kier alpha value is -2.39. The number of methoxy groups -OCH3 is 1. The van der Waals surface area contributed by atoms with Gasteiger partial charge >= 0.3 is 0 Å². The Balaban J connectivity index is 1.72. The van der Waals surface area contributed by atoms with Crippen molar-refractivity contribution in [3.8, 4) is 5.75 Å². The number of rotatable bonds is 4. The first kappa shape index (κ1) is 17.4. The number of hydrogen-bond acceptors (Lipinski definition) is 5. The number of carbonyl (C=O) groups excluding carboxylic acids is 1. The molecule has 0 saturated carbocycles. The number of carbonyl (C=O) groups is 1. The van der Waals surface area contributed by atoms with Crippen LogP contribution in [0.4, 0.5) is 0 Å². The maximum absolute atomic E-state index is 12.7. The minimum Gasteiger partial charge on any atom is -0.497 e. The largest absolute Gasteiger partial charge is 0.497 e. The molecule has 2 heterocycles. The zero-order valence-electron chi connectivity index (χ0n) is 13.9. The van der Waals surface area contributed by atoms with Crippen LogP contribution < -0.4 is 4.74 Å². The van der Waals surface area contributed by atoms with Gasteiger partial charge in [0.15, 0.2) is 5.03 Å². The molecule has 0 radical (unpaired) electrons. The van der Waals surface area contributed by atoms with E-state index >= 15 is 0 Å². The van der Waals surface area contributed by atoms with Crippen LogP contribution in [-0.2, 0) is 10.0 Å². The van der Waals surface area contributed by atoms with Gasteiger partial charge in [-0.3, -0.25) is 4.79 Å². The molecule has 1 aliphatic heterocycles. The molecular weight excluding hydrogens is 344 g/mol. The number of H-pyrrole nitrogens is 1. The SMILES string of the molecule is COc1cccc(C(=O)N2CCCN(S(=O)(=O)c3cnc[nH]3)CC2)c1. The Labute approximate surface area is 146 Å². The molecule has 2 aromatic rings. The highest BCUT2D eigenvalue weighted by molar-refractivity contribution is 7.89. The Morgan fingerprint density at radius 1 is 1.24 bits per heavy atom. The topological polar surface area (TPSA) is 95.6 Å². The lowest BCUT2D eigenvalue weighted by molar-refractivity contribution is 0.0764. The molecule has 1 aromatic carbocycles. The maximum Gasteiger partial charge on any atom is 0.260 e. The van der Waals surface area contributed by atoms with Gasteiger partial charge in [-0.2, -0.15) is 4.31 Å². The van der Waals surface area contributed by atoms with Gasteiger partial charge in [-0.1, -0.05) is 6.07 Å². The third-order valence-corrected chi connectivity index (χ3v) is 5.97. The van der Waals surface area contributed by atoms with E-state index < -0.39 is 10.0 Å². The Bertz CT molecular complexity index is 836. The molecule has 8 nitrogen and oxygen atoms in total. The number of ether oxygens (including phenoxy) is 1. The number of benzene rings is 1. The van der Waals surface area contributed by atoms with E-state index in [1.54, 1.807) is 36.3 Å². The molecular formula is C16H20N4O4S. The van der Waals surface area contributed by atoms with Crippen molar-refractivity contribution in [2.24, 2.45) is 0 Å². The first-order valence-corrected chi connectivity index (χ1v) is 9.38. The number of nitrogens with zero attached hydrogens (tertiary/aromatic N) is 3. The summed E-state index contributed by atoms with van der Waals surface area (Å²) in [6.45, 7) is 1.45. The predicted molar refractivity (Wildman–Crippen MR) is 90.9 cm³/mol. The third kappa shape index (κ3) is 3.67. The summed E-state index contributed by atoms with van der Waals surface area (Å²) in [5.41, 5.74) is 0.532. The van der Waals surface area contributed by atoms with E-state index in [1.807, 2.05) is 0 Å². The number of nitrogens with one attached hydrogen (secondary N) is 1. The molecule has 0 aliphatic carbocycles. The van der Waals surface area contributed by atoms with E-state index in [9.17, 15) is 13.2 Å². The molecule has 0 atom stereocenters. The van der Waals surface area contributed by atoms with Gasteiger partial charge in [0, 0.05) is 31.7 Å². The Morgan fingerprint density at radius 2 is 2.08 bits per heavy atom. The smallest absolute Gasteiger partial charge is 0.260 e. The number of imidazole rings is 1. The molecule has 0 spiro atoms. The van der Waals surface area contributed by atoms with Crippen molar-refractivity contribution in [2.45, 2.75) is 11.4 Å². The summed E-state index contributed by atoms with van der Waals surface area (Å²) in [4.78, 5) is 20.8. The molecule has 1 fully saturated rings. The van der Waals surface area contributed by atoms with Crippen molar-refractivity contribution < 1.29 is 17.9 Å². The van der Waals surface area contributed by atoms with Gasteiger partial charge in [-0.25, -0.2) is 13.4 Å². The summed E-state index contributed by atoms with van der Waals surface area (Å²) >= 11 is 0. The second-order valence-corrected chi connectivity index (χ2v) is 7.60. The van der Waals surface area contributed by atoms with E-state index in [0.717, 1.165) is 0 Å². The Kier molecular flexibility index (Phi) is 5.05. The van der Waals surface area contributed by atoms with Crippen LogP contribution in [0.2, 0.25) is 0 Å². The summed E-state index contributed by atoms with van der Waals surface area (Å²) in [6.07, 6.45) is 3.20. The molecule has 1 aliphatic rings. The predicted octanol–water partition coefficient (Wildman–Crippen LogP) is 0.955. The number of aromatic amines is 1. The quantitative estimate of drug-likeness (QED) is 0.872. The van der Waals surface area contributed by atoms with Gasteiger partial charge in [-0.15, -0.1) is 0 Å². The van der Waals surface area contributed by atoms with E-state index in [4.69, 9.17) is 4.74 Å². The maximum atomic E-state index is 12.7. The highest BCUT2D eigenvalue weighted by Crippen LogP contribution is 2.18. The Morgan fingerprint density at radius 3 is 2.80 bits per heavy atom. The van der Waals surface area contributed by atoms with Gasteiger partial charge in [0.05, 0.1) is 19.6 Å². The second kappa shape index (κ2) is 7.24. The summed E-state index contributed by atoms with van der Waals surface area (Å²) in [6, 6.07) is 6.96. The highest BCUT2D eigenvalue weighted by atomic mass is 32.2. The third-order valence-electron chi connectivity index (χ3n) is 4.15. The molecule has 1 N–H and O–H groups in total. The zero-order chi connectivity index (χ0) is 17.9. The normalized spacial score (nSPS) is 16.4. The average Bonchev–Trinajstić information content (AvgIpc) is 3.06. The molecule has 1 saturated heterocycles. The second-order valence-electron chi connectivity index (χ2n) is 5.70. The van der Waals surface area contributed by atoms with Gasteiger partial charge < -0.3 is 14.6 Å². The average molecular weight is 364 g/mol. The lowest BCUT2D eigenvalue weighted by Crippen LogP contribution is -2.37. The van der Waals surface area contributed by atoms with Crippen molar-refractivity contribution in [2.75, 3.05) is 33.3 Å². The number of aromatic nitrogens is 2. The lowest BCUT2D eigenvalue weighted by atomic mass is 10.2. The highest BCUT2D eigenvalue weighted by Gasteiger charge is 2.29. The van der Waals surface area contributed by atoms with Crippen LogP contribution in [-0.4, -0.2) is 66.8 Å². The van der Waals surface area contributed by atoms with Crippen LogP contribution in [0.3, 0.4) is 0 Å². The number of sulfonamides is 1. The van der Waals surface area contributed by atoms with E-state index in [2.05, 4.69) is 9.97 Å². The van der Waals surface area contributed by atoms with Gasteiger partial charge in [0.2, 0.25) is 0 Å². The van der Waals surface area contributed by atoms with E-state index in [-0.39, 0.29) is 17.5 Å². The summed E-state index contributed by atoms with van der Waals surface area (Å²) in [5, 5.41) is 0.0695. The molecule has 25 heavy (non-hydrogen) atoms. The zero-order valence-corrected chi connectivity index (χ0v) is 14.7. The van der Waals surface area contributed by atoms with Crippen molar-refractivity contribution in [3.05, 3.63) is 42.4 Å². The molecule has 134 valence electrons. The van der Waals surface area contributed by atoms with Gasteiger partial charge in [-0.05, 0) is 24.6 Å². The van der Waals surface area contributed by atoms with Gasteiger partial charge in [0.1, 0.15) is 5.75 Å². The lowest BCUT2D eigenvalue weighted by Gasteiger charge is -2.21. The molecule has 0 unspecified atom stereocenters. The molecule has 1 aromatic heterocycles. The molecule has 3 rings (SSSR count). The van der Waals surface area contributed by atoms with Crippen LogP contribution in [0, 0.1) is 0 Å². The van der Waals surface area contributed by atoms with Crippen LogP contribution in [0.5, 0.6) is 5.75 Å². The minimum absolute atomic E-state index is 0.0695. The van der Waals surface area contributed by atoms with Crippen molar-refractivity contribution >= 4 is 15.9 Å². The number of hydrogen-bond donors (Lipinski definition) is 1.